The highest BCUT2D eigenvalue weighted by Gasteiger charge is 2.40. The number of rotatable bonds is 2. The molecule has 9 heteroatoms. The van der Waals surface area contributed by atoms with Gasteiger partial charge in [0.05, 0.1) is 27.4 Å². The van der Waals surface area contributed by atoms with Crippen molar-refractivity contribution in [3.63, 3.8) is 0 Å². The molecule has 1 aromatic rings. The molecule has 5 nitrogen and oxygen atoms in total. The van der Waals surface area contributed by atoms with Gasteiger partial charge in [0, 0.05) is 13.1 Å². The fourth-order valence-electron chi connectivity index (χ4n) is 2.70. The lowest BCUT2D eigenvalue weighted by atomic mass is 10.2. The first-order chi connectivity index (χ1) is 9.80. The number of nitrogen functional groups attached to an aromatic ring is 1. The van der Waals surface area contributed by atoms with Crippen LogP contribution in [0.2, 0.25) is 5.02 Å². The van der Waals surface area contributed by atoms with Crippen molar-refractivity contribution in [2.24, 2.45) is 0 Å². The van der Waals surface area contributed by atoms with Crippen molar-refractivity contribution in [3.05, 3.63) is 21.4 Å². The molecule has 1 aromatic carbocycles. The topological polar surface area (TPSA) is 72.6 Å². The molecule has 0 amide bonds. The van der Waals surface area contributed by atoms with Gasteiger partial charge in [-0.2, -0.15) is 4.31 Å². The van der Waals surface area contributed by atoms with Gasteiger partial charge in [-0.3, -0.25) is 0 Å². The van der Waals surface area contributed by atoms with Gasteiger partial charge >= 0.3 is 0 Å². The molecule has 3 rings (SSSR count). The second-order valence-electron chi connectivity index (χ2n) is 5.18. The van der Waals surface area contributed by atoms with Crippen molar-refractivity contribution in [1.82, 2.24) is 4.31 Å². The fourth-order valence-corrected chi connectivity index (χ4v) is 4.87. The van der Waals surface area contributed by atoms with Gasteiger partial charge in [0.1, 0.15) is 4.90 Å². The summed E-state index contributed by atoms with van der Waals surface area (Å²) in [6.45, 7) is 0.456. The molecule has 2 fully saturated rings. The molecule has 0 aromatic heterocycles. The zero-order valence-corrected chi connectivity index (χ0v) is 14.0. The second kappa shape index (κ2) is 5.34. The van der Waals surface area contributed by atoms with Crippen LogP contribution >= 0.6 is 27.5 Å². The number of ether oxygens (including phenoxy) is 1. The van der Waals surface area contributed by atoms with E-state index in [0.29, 0.717) is 0 Å². The van der Waals surface area contributed by atoms with Crippen LogP contribution in [0.5, 0.6) is 0 Å². The maximum Gasteiger partial charge on any atom is 0.246 e. The van der Waals surface area contributed by atoms with Crippen LogP contribution in [0.1, 0.15) is 12.8 Å². The van der Waals surface area contributed by atoms with E-state index in [0.717, 1.165) is 18.9 Å². The average molecular weight is 400 g/mol. The Balaban J connectivity index is 2.03. The highest BCUT2D eigenvalue weighted by Crippen LogP contribution is 2.37. The number of benzene rings is 1. The van der Waals surface area contributed by atoms with Gasteiger partial charge in [-0.05, 0) is 34.8 Å². The molecule has 2 N–H and O–H groups in total. The number of halogens is 3. The van der Waals surface area contributed by atoms with Gasteiger partial charge in [0.25, 0.3) is 0 Å². The van der Waals surface area contributed by atoms with Crippen molar-refractivity contribution in [2.75, 3.05) is 18.8 Å². The van der Waals surface area contributed by atoms with Gasteiger partial charge in [0.2, 0.25) is 10.0 Å². The Morgan fingerprint density at radius 2 is 1.95 bits per heavy atom. The van der Waals surface area contributed by atoms with E-state index in [2.05, 4.69) is 15.9 Å². The Hall–Kier alpha value is -0.410. The van der Waals surface area contributed by atoms with E-state index in [1.54, 1.807) is 0 Å². The second-order valence-corrected chi connectivity index (χ2v) is 8.28. The van der Waals surface area contributed by atoms with Crippen LogP contribution in [-0.4, -0.2) is 38.0 Å². The summed E-state index contributed by atoms with van der Waals surface area (Å²) in [6.07, 6.45) is 1.40. The van der Waals surface area contributed by atoms with E-state index in [4.69, 9.17) is 22.1 Å². The molecule has 2 atom stereocenters. The first-order valence-electron chi connectivity index (χ1n) is 6.39. The summed E-state index contributed by atoms with van der Waals surface area (Å²) < 4.78 is 46.5. The molecule has 0 saturated carbocycles. The van der Waals surface area contributed by atoms with Gasteiger partial charge in [-0.25, -0.2) is 12.8 Å². The smallest absolute Gasteiger partial charge is 0.246 e. The summed E-state index contributed by atoms with van der Waals surface area (Å²) in [5.74, 6) is -0.981. The Morgan fingerprint density at radius 3 is 2.52 bits per heavy atom. The third-order valence-electron chi connectivity index (χ3n) is 3.78. The number of hydrogen-bond acceptors (Lipinski definition) is 4. The van der Waals surface area contributed by atoms with E-state index in [9.17, 15) is 12.8 Å². The van der Waals surface area contributed by atoms with Gasteiger partial charge < -0.3 is 10.5 Å². The maximum atomic E-state index is 14.3. The number of hydrogen-bond donors (Lipinski definition) is 1. The highest BCUT2D eigenvalue weighted by atomic mass is 79.9. The minimum absolute atomic E-state index is 0.0590. The Bertz CT molecular complexity index is 688. The minimum Gasteiger partial charge on any atom is -0.395 e. The van der Waals surface area contributed by atoms with E-state index < -0.39 is 20.7 Å². The predicted molar refractivity (Wildman–Crippen MR) is 80.2 cm³/mol. The van der Waals surface area contributed by atoms with Crippen LogP contribution in [0.25, 0.3) is 0 Å². The Labute approximate surface area is 135 Å². The molecule has 21 heavy (non-hydrogen) atoms. The van der Waals surface area contributed by atoms with Crippen LogP contribution < -0.4 is 5.73 Å². The minimum atomic E-state index is -3.99. The molecule has 2 heterocycles. The average Bonchev–Trinajstić information content (AvgIpc) is 2.78. The normalized spacial score (nSPS) is 26.2. The summed E-state index contributed by atoms with van der Waals surface area (Å²) in [4.78, 5) is -0.491. The van der Waals surface area contributed by atoms with Gasteiger partial charge in [0.15, 0.2) is 5.82 Å². The lowest BCUT2D eigenvalue weighted by molar-refractivity contribution is -0.0115. The van der Waals surface area contributed by atoms with Gasteiger partial charge in [-0.15, -0.1) is 0 Å². The molecule has 0 radical (unpaired) electrons. The van der Waals surface area contributed by atoms with Crippen molar-refractivity contribution in [3.8, 4) is 0 Å². The molecular formula is C12H13BrClFN2O3S. The zero-order valence-electron chi connectivity index (χ0n) is 10.9. The number of morpholine rings is 1. The quantitative estimate of drug-likeness (QED) is 0.612. The van der Waals surface area contributed by atoms with Crippen molar-refractivity contribution in [2.45, 2.75) is 29.9 Å². The van der Waals surface area contributed by atoms with E-state index in [1.165, 1.54) is 4.31 Å². The number of sulfonamides is 1. The number of fused-ring (bicyclic) bond motifs is 2. The number of nitrogens with two attached hydrogens (primary N) is 1. The molecular weight excluding hydrogens is 387 g/mol. The fraction of sp³-hybridized carbons (Fsp3) is 0.500. The summed E-state index contributed by atoms with van der Waals surface area (Å²) in [5.41, 5.74) is 5.25. The third kappa shape index (κ3) is 2.57. The molecule has 0 spiro atoms. The lowest BCUT2D eigenvalue weighted by Gasteiger charge is -2.31. The van der Waals surface area contributed by atoms with Crippen LogP contribution in [0.15, 0.2) is 15.4 Å². The molecule has 0 aliphatic carbocycles. The van der Waals surface area contributed by atoms with Crippen molar-refractivity contribution >= 4 is 43.2 Å². The van der Waals surface area contributed by atoms with Crippen molar-refractivity contribution in [1.29, 1.82) is 0 Å². The first-order valence-corrected chi connectivity index (χ1v) is 9.00. The summed E-state index contributed by atoms with van der Waals surface area (Å²) in [7, 11) is -3.99. The molecule has 2 aliphatic rings. The van der Waals surface area contributed by atoms with Gasteiger partial charge in [-0.1, -0.05) is 11.6 Å². The van der Waals surface area contributed by atoms with Crippen LogP contribution in [0, 0.1) is 5.82 Å². The van der Waals surface area contributed by atoms with E-state index in [1.807, 2.05) is 0 Å². The molecule has 2 unspecified atom stereocenters. The molecule has 2 aliphatic heterocycles. The Kier molecular flexibility index (Phi) is 3.94. The lowest BCUT2D eigenvalue weighted by Crippen LogP contribution is -2.45. The van der Waals surface area contributed by atoms with Crippen molar-refractivity contribution < 1.29 is 17.5 Å². The highest BCUT2D eigenvalue weighted by molar-refractivity contribution is 9.10. The SMILES string of the molecule is Nc1c(F)c(S(=O)(=O)N2CC3CCC(C2)O3)cc(Cl)c1Br. The first kappa shape index (κ1) is 15.5. The predicted octanol–water partition coefficient (Wildman–Crippen LogP) is 2.38. The Morgan fingerprint density at radius 1 is 1.38 bits per heavy atom. The maximum absolute atomic E-state index is 14.3. The number of anilines is 1. The summed E-state index contributed by atoms with van der Waals surface area (Å²) >= 11 is 8.94. The number of nitrogens with zero attached hydrogens (tertiary/aromatic N) is 1. The van der Waals surface area contributed by atoms with E-state index in [-0.39, 0.29) is 40.5 Å². The molecule has 2 saturated heterocycles. The van der Waals surface area contributed by atoms with Crippen LogP contribution in [-0.2, 0) is 14.8 Å². The van der Waals surface area contributed by atoms with Crippen LogP contribution in [0.3, 0.4) is 0 Å². The van der Waals surface area contributed by atoms with Crippen LogP contribution in [0.4, 0.5) is 10.1 Å². The summed E-state index contributed by atoms with van der Waals surface area (Å²) in [6, 6.07) is 1.09. The molecule has 2 bridgehead atoms. The third-order valence-corrected chi connectivity index (χ3v) is 7.00. The zero-order chi connectivity index (χ0) is 15.4. The monoisotopic (exact) mass is 398 g/mol. The van der Waals surface area contributed by atoms with E-state index >= 15 is 0 Å². The largest absolute Gasteiger partial charge is 0.395 e. The molecule has 116 valence electrons. The standard InChI is InChI=1S/C12H13BrClFN2O3S/c13-10-8(14)3-9(11(15)12(10)16)21(18,19)17-4-6-1-2-7(5-17)20-6/h3,6-7H,1-2,4-5,16H2. The summed E-state index contributed by atoms with van der Waals surface area (Å²) in [5, 5.41) is 0.0590.